The lowest BCUT2D eigenvalue weighted by Gasteiger charge is -2.30. The summed E-state index contributed by atoms with van der Waals surface area (Å²) in [6.07, 6.45) is 2.58. The Balaban J connectivity index is 1.71. The predicted octanol–water partition coefficient (Wildman–Crippen LogP) is 2.80. The van der Waals surface area contributed by atoms with Gasteiger partial charge in [0.05, 0.1) is 5.56 Å². The smallest absolute Gasteiger partial charge is 0.249 e. The normalized spacial score (nSPS) is 19.6. The van der Waals surface area contributed by atoms with Crippen molar-refractivity contribution in [2.45, 2.75) is 19.8 Å². The molecule has 1 N–H and O–H groups in total. The third-order valence-corrected chi connectivity index (χ3v) is 3.99. The molecule has 1 fully saturated rings. The first-order valence-electron chi connectivity index (χ1n) is 7.54. The Morgan fingerprint density at radius 3 is 2.95 bits per heavy atom. The number of nitrogens with zero attached hydrogens (tertiary/aromatic N) is 3. The fourth-order valence-corrected chi connectivity index (χ4v) is 2.92. The lowest BCUT2D eigenvalue weighted by atomic mass is 9.98. The van der Waals surface area contributed by atoms with Crippen LogP contribution in [0.1, 0.15) is 18.7 Å². The van der Waals surface area contributed by atoms with Crippen LogP contribution in [0.5, 0.6) is 0 Å². The first-order valence-corrected chi connectivity index (χ1v) is 7.54. The van der Waals surface area contributed by atoms with Crippen molar-refractivity contribution in [3.8, 4) is 11.5 Å². The van der Waals surface area contributed by atoms with Gasteiger partial charge < -0.3 is 14.6 Å². The van der Waals surface area contributed by atoms with E-state index in [4.69, 9.17) is 4.42 Å². The molecule has 5 nitrogen and oxygen atoms in total. The average Bonchev–Trinajstić information content (AvgIpc) is 2.92. The molecule has 1 aliphatic rings. The van der Waals surface area contributed by atoms with Crippen LogP contribution in [0.3, 0.4) is 0 Å². The number of rotatable bonds is 4. The molecule has 0 bridgehead atoms. The Morgan fingerprint density at radius 1 is 1.33 bits per heavy atom. The van der Waals surface area contributed by atoms with Crippen molar-refractivity contribution in [1.29, 1.82) is 0 Å². The van der Waals surface area contributed by atoms with Crippen molar-refractivity contribution < 1.29 is 4.42 Å². The number of anilines is 1. The first-order chi connectivity index (χ1) is 10.2. The minimum Gasteiger partial charge on any atom is -0.421 e. The summed E-state index contributed by atoms with van der Waals surface area (Å²) in [4.78, 5) is 2.41. The molecule has 1 atom stereocenters. The van der Waals surface area contributed by atoms with Gasteiger partial charge in [-0.25, -0.2) is 0 Å². The van der Waals surface area contributed by atoms with Crippen molar-refractivity contribution in [3.05, 3.63) is 30.2 Å². The molecule has 1 aromatic carbocycles. The number of nitrogens with one attached hydrogen (secondary N) is 1. The molecule has 0 saturated carbocycles. The molecular formula is C16H22N4O. The van der Waals surface area contributed by atoms with Crippen LogP contribution in [0, 0.1) is 12.8 Å². The predicted molar refractivity (Wildman–Crippen MR) is 83.2 cm³/mol. The summed E-state index contributed by atoms with van der Waals surface area (Å²) in [6.45, 7) is 5.17. The van der Waals surface area contributed by atoms with Crippen LogP contribution in [-0.4, -0.2) is 41.8 Å². The van der Waals surface area contributed by atoms with E-state index in [1.807, 2.05) is 25.1 Å². The second-order valence-electron chi connectivity index (χ2n) is 5.82. The van der Waals surface area contributed by atoms with Gasteiger partial charge in [-0.15, -0.1) is 10.2 Å². The maximum Gasteiger partial charge on any atom is 0.249 e. The van der Waals surface area contributed by atoms with Gasteiger partial charge in [0.15, 0.2) is 0 Å². The van der Waals surface area contributed by atoms with E-state index in [9.17, 15) is 0 Å². The molecule has 21 heavy (non-hydrogen) atoms. The number of likely N-dealkylation sites (tertiary alicyclic amines) is 1. The Morgan fingerprint density at radius 2 is 2.19 bits per heavy atom. The van der Waals surface area contributed by atoms with Crippen molar-refractivity contribution >= 4 is 5.69 Å². The van der Waals surface area contributed by atoms with Crippen LogP contribution in [0.15, 0.2) is 28.7 Å². The highest BCUT2D eigenvalue weighted by molar-refractivity contribution is 5.72. The highest BCUT2D eigenvalue weighted by Crippen LogP contribution is 2.27. The second kappa shape index (κ2) is 6.26. The van der Waals surface area contributed by atoms with E-state index in [-0.39, 0.29) is 0 Å². The Kier molecular flexibility index (Phi) is 4.20. The molecule has 2 heterocycles. The van der Waals surface area contributed by atoms with Crippen LogP contribution >= 0.6 is 0 Å². The molecule has 1 saturated heterocycles. The number of benzene rings is 1. The van der Waals surface area contributed by atoms with Gasteiger partial charge in [0.25, 0.3) is 0 Å². The molecule has 1 unspecified atom stereocenters. The van der Waals surface area contributed by atoms with Gasteiger partial charge in [-0.1, -0.05) is 12.1 Å². The Labute approximate surface area is 125 Å². The maximum absolute atomic E-state index is 5.55. The lowest BCUT2D eigenvalue weighted by molar-refractivity contribution is 0.217. The van der Waals surface area contributed by atoms with Gasteiger partial charge in [0.1, 0.15) is 0 Å². The van der Waals surface area contributed by atoms with Crippen LogP contribution < -0.4 is 5.32 Å². The van der Waals surface area contributed by atoms with E-state index in [2.05, 4.69) is 33.5 Å². The first kappa shape index (κ1) is 14.1. The highest BCUT2D eigenvalue weighted by atomic mass is 16.4. The Hall–Kier alpha value is -1.88. The Bertz CT molecular complexity index is 595. The zero-order valence-corrected chi connectivity index (χ0v) is 12.7. The average molecular weight is 286 g/mol. The van der Waals surface area contributed by atoms with Crippen LogP contribution in [0.25, 0.3) is 11.5 Å². The van der Waals surface area contributed by atoms with E-state index in [1.165, 1.54) is 19.4 Å². The number of aryl methyl sites for hydroxylation is 1. The highest BCUT2D eigenvalue weighted by Gasteiger charge is 2.18. The van der Waals surface area contributed by atoms with Gasteiger partial charge in [0.2, 0.25) is 11.8 Å². The minimum absolute atomic E-state index is 0.580. The van der Waals surface area contributed by atoms with E-state index < -0.39 is 0 Å². The van der Waals surface area contributed by atoms with Gasteiger partial charge in [-0.05, 0) is 44.5 Å². The quantitative estimate of drug-likeness (QED) is 0.936. The maximum atomic E-state index is 5.55. The van der Waals surface area contributed by atoms with Crippen LogP contribution in [-0.2, 0) is 0 Å². The third kappa shape index (κ3) is 3.42. The summed E-state index contributed by atoms with van der Waals surface area (Å²) in [5.41, 5.74) is 2.04. The molecule has 2 aromatic rings. The van der Waals surface area contributed by atoms with E-state index in [0.717, 1.165) is 24.3 Å². The number of aromatic nitrogens is 2. The number of para-hydroxylation sites is 1. The number of piperidine rings is 1. The van der Waals surface area contributed by atoms with Gasteiger partial charge in [-0.2, -0.15) is 0 Å². The van der Waals surface area contributed by atoms with Crippen molar-refractivity contribution in [2.75, 3.05) is 32.0 Å². The molecule has 1 aromatic heterocycles. The fraction of sp³-hybridized carbons (Fsp3) is 0.500. The minimum atomic E-state index is 0.580. The molecule has 0 radical (unpaired) electrons. The molecule has 5 heteroatoms. The van der Waals surface area contributed by atoms with Gasteiger partial charge >= 0.3 is 0 Å². The van der Waals surface area contributed by atoms with E-state index >= 15 is 0 Å². The van der Waals surface area contributed by atoms with Crippen LogP contribution in [0.2, 0.25) is 0 Å². The summed E-state index contributed by atoms with van der Waals surface area (Å²) >= 11 is 0. The monoisotopic (exact) mass is 286 g/mol. The topological polar surface area (TPSA) is 54.2 Å². The molecule has 1 aliphatic heterocycles. The van der Waals surface area contributed by atoms with Gasteiger partial charge in [-0.3, -0.25) is 0 Å². The van der Waals surface area contributed by atoms with Crippen molar-refractivity contribution in [2.24, 2.45) is 5.92 Å². The number of hydrogen-bond acceptors (Lipinski definition) is 5. The van der Waals surface area contributed by atoms with Gasteiger partial charge in [0, 0.05) is 25.7 Å². The summed E-state index contributed by atoms with van der Waals surface area (Å²) in [5.74, 6) is 1.87. The summed E-state index contributed by atoms with van der Waals surface area (Å²) < 4.78 is 5.55. The molecular weight excluding hydrogens is 264 g/mol. The second-order valence-corrected chi connectivity index (χ2v) is 5.82. The standard InChI is InChI=1S/C16H22N4O/c1-12-18-19-16(21-12)14-7-3-4-8-15(14)17-10-13-6-5-9-20(2)11-13/h3-4,7-8,13,17H,5-6,9-11H2,1-2H3. The molecule has 3 rings (SSSR count). The zero-order valence-electron chi connectivity index (χ0n) is 12.7. The van der Waals surface area contributed by atoms with Crippen molar-refractivity contribution in [3.63, 3.8) is 0 Å². The summed E-state index contributed by atoms with van der Waals surface area (Å²) in [7, 11) is 2.20. The fourth-order valence-electron chi connectivity index (χ4n) is 2.92. The lowest BCUT2D eigenvalue weighted by Crippen LogP contribution is -2.35. The molecule has 0 spiro atoms. The van der Waals surface area contributed by atoms with E-state index in [0.29, 0.717) is 17.7 Å². The molecule has 0 amide bonds. The summed E-state index contributed by atoms with van der Waals surface area (Å²) in [5, 5.41) is 11.6. The summed E-state index contributed by atoms with van der Waals surface area (Å²) in [6, 6.07) is 8.11. The third-order valence-electron chi connectivity index (χ3n) is 3.99. The largest absolute Gasteiger partial charge is 0.421 e. The zero-order chi connectivity index (χ0) is 14.7. The SMILES string of the molecule is Cc1nnc(-c2ccccc2NCC2CCCN(C)C2)o1. The molecule has 0 aliphatic carbocycles. The van der Waals surface area contributed by atoms with E-state index in [1.54, 1.807) is 0 Å². The molecule has 112 valence electrons. The van der Waals surface area contributed by atoms with Crippen molar-refractivity contribution in [1.82, 2.24) is 15.1 Å². The number of hydrogen-bond donors (Lipinski definition) is 1. The van der Waals surface area contributed by atoms with Crippen LogP contribution in [0.4, 0.5) is 5.69 Å².